The summed E-state index contributed by atoms with van der Waals surface area (Å²) in [6.45, 7) is 1.45. The van der Waals surface area contributed by atoms with Gasteiger partial charge in [0.2, 0.25) is 0 Å². The Balaban J connectivity index is 1.65. The van der Waals surface area contributed by atoms with E-state index < -0.39 is 10.0 Å². The molecule has 0 radical (unpaired) electrons. The zero-order valence-electron chi connectivity index (χ0n) is 12.9. The zero-order chi connectivity index (χ0) is 17.2. The molecule has 8 heteroatoms. The average Bonchev–Trinajstić information content (AvgIpc) is 3.24. The summed E-state index contributed by atoms with van der Waals surface area (Å²) in [6, 6.07) is 10.0. The average molecular weight is 385 g/mol. The van der Waals surface area contributed by atoms with Gasteiger partial charge in [0.1, 0.15) is 4.21 Å². The van der Waals surface area contributed by atoms with Crippen molar-refractivity contribution < 1.29 is 13.2 Å². The molecule has 2 heterocycles. The maximum absolute atomic E-state index is 12.5. The van der Waals surface area contributed by atoms with Crippen LogP contribution in [0.25, 0.3) is 0 Å². The molecule has 0 spiro atoms. The second kappa shape index (κ2) is 7.23. The van der Waals surface area contributed by atoms with Crippen molar-refractivity contribution in [1.82, 2.24) is 9.62 Å². The van der Waals surface area contributed by atoms with Crippen LogP contribution in [0.4, 0.5) is 0 Å². The number of nitrogens with one attached hydrogen (secondary N) is 1. The van der Waals surface area contributed by atoms with Crippen LogP contribution in [0, 0.1) is 0 Å². The maximum Gasteiger partial charge on any atom is 0.252 e. The van der Waals surface area contributed by atoms with E-state index in [9.17, 15) is 13.2 Å². The van der Waals surface area contributed by atoms with Crippen LogP contribution in [-0.4, -0.2) is 31.7 Å². The van der Waals surface area contributed by atoms with Crippen molar-refractivity contribution in [3.05, 3.63) is 51.9 Å². The quantitative estimate of drug-likeness (QED) is 0.861. The van der Waals surface area contributed by atoms with E-state index in [2.05, 4.69) is 5.32 Å². The SMILES string of the molecule is O=C(NCc1ccc(S(=O)(=O)N2CCCC2)s1)c1cccc(Cl)c1. The van der Waals surface area contributed by atoms with Crippen LogP contribution in [0.15, 0.2) is 40.6 Å². The second-order valence-electron chi connectivity index (χ2n) is 5.52. The van der Waals surface area contributed by atoms with Crippen molar-refractivity contribution in [1.29, 1.82) is 0 Å². The van der Waals surface area contributed by atoms with E-state index in [4.69, 9.17) is 11.6 Å². The first-order chi connectivity index (χ1) is 11.5. The number of benzene rings is 1. The smallest absolute Gasteiger partial charge is 0.252 e. The predicted molar refractivity (Wildman–Crippen MR) is 94.9 cm³/mol. The summed E-state index contributed by atoms with van der Waals surface area (Å²) in [5, 5.41) is 3.28. The molecule has 24 heavy (non-hydrogen) atoms. The zero-order valence-corrected chi connectivity index (χ0v) is 15.3. The van der Waals surface area contributed by atoms with Gasteiger partial charge in [0.05, 0.1) is 6.54 Å². The molecule has 1 saturated heterocycles. The van der Waals surface area contributed by atoms with Gasteiger partial charge < -0.3 is 5.32 Å². The highest BCUT2D eigenvalue weighted by atomic mass is 35.5. The molecule has 0 aliphatic carbocycles. The van der Waals surface area contributed by atoms with Gasteiger partial charge in [-0.2, -0.15) is 4.31 Å². The summed E-state index contributed by atoms with van der Waals surface area (Å²) < 4.78 is 26.8. The predicted octanol–water partition coefficient (Wildman–Crippen LogP) is 3.12. The number of halogens is 1. The van der Waals surface area contributed by atoms with Crippen molar-refractivity contribution in [3.8, 4) is 0 Å². The normalized spacial score (nSPS) is 15.5. The van der Waals surface area contributed by atoms with Crippen molar-refractivity contribution >= 4 is 38.9 Å². The van der Waals surface area contributed by atoms with Crippen LogP contribution in [0.5, 0.6) is 0 Å². The molecule has 1 aliphatic heterocycles. The summed E-state index contributed by atoms with van der Waals surface area (Å²) in [5.41, 5.74) is 0.476. The summed E-state index contributed by atoms with van der Waals surface area (Å²) in [5.74, 6) is -0.241. The van der Waals surface area contributed by atoms with Crippen molar-refractivity contribution in [3.63, 3.8) is 0 Å². The van der Waals surface area contributed by atoms with E-state index in [1.807, 2.05) is 0 Å². The molecular formula is C16H17ClN2O3S2. The number of rotatable bonds is 5. The van der Waals surface area contributed by atoms with Crippen LogP contribution in [0.3, 0.4) is 0 Å². The Morgan fingerprint density at radius 1 is 1.21 bits per heavy atom. The first-order valence-electron chi connectivity index (χ1n) is 7.59. The molecule has 128 valence electrons. The summed E-state index contributed by atoms with van der Waals surface area (Å²) >= 11 is 7.07. The Hall–Kier alpha value is -1.41. The van der Waals surface area contributed by atoms with Crippen LogP contribution in [0.1, 0.15) is 28.1 Å². The number of amides is 1. The number of thiophene rings is 1. The van der Waals surface area contributed by atoms with Crippen molar-refractivity contribution in [2.45, 2.75) is 23.6 Å². The molecule has 0 bridgehead atoms. The molecule has 0 atom stereocenters. The number of carbonyl (C=O) groups is 1. The highest BCUT2D eigenvalue weighted by Crippen LogP contribution is 2.27. The van der Waals surface area contributed by atoms with Crippen LogP contribution < -0.4 is 5.32 Å². The molecule has 1 aromatic carbocycles. The highest BCUT2D eigenvalue weighted by molar-refractivity contribution is 7.91. The first-order valence-corrected chi connectivity index (χ1v) is 10.2. The minimum Gasteiger partial charge on any atom is -0.347 e. The van der Waals surface area contributed by atoms with Gasteiger partial charge in [0.25, 0.3) is 15.9 Å². The Labute approximate surface area is 150 Å². The molecule has 1 aromatic heterocycles. The Bertz CT molecular complexity index is 843. The number of sulfonamides is 1. The van der Waals surface area contributed by atoms with Crippen LogP contribution >= 0.6 is 22.9 Å². The molecule has 1 N–H and O–H groups in total. The van der Waals surface area contributed by atoms with Gasteiger partial charge in [0.15, 0.2) is 0 Å². The van der Waals surface area contributed by atoms with Crippen molar-refractivity contribution in [2.75, 3.05) is 13.1 Å². The van der Waals surface area contributed by atoms with E-state index in [-0.39, 0.29) is 12.5 Å². The lowest BCUT2D eigenvalue weighted by Crippen LogP contribution is -2.27. The van der Waals surface area contributed by atoms with Gasteiger partial charge in [-0.1, -0.05) is 17.7 Å². The number of hydrogen-bond acceptors (Lipinski definition) is 4. The third kappa shape index (κ3) is 3.80. The largest absolute Gasteiger partial charge is 0.347 e. The third-order valence-corrected chi connectivity index (χ3v) is 7.49. The van der Waals surface area contributed by atoms with Crippen LogP contribution in [0.2, 0.25) is 5.02 Å². The standard InChI is InChI=1S/C16H17ClN2O3S2/c17-13-5-3-4-12(10-13)16(20)18-11-14-6-7-15(23-14)24(21,22)19-8-1-2-9-19/h3-7,10H,1-2,8-9,11H2,(H,18,20). The molecule has 3 rings (SSSR count). The summed E-state index contributed by atoms with van der Waals surface area (Å²) in [7, 11) is -3.39. The monoisotopic (exact) mass is 384 g/mol. The molecule has 0 saturated carbocycles. The van der Waals surface area contributed by atoms with E-state index in [1.54, 1.807) is 36.4 Å². The molecule has 1 amide bonds. The minimum atomic E-state index is -3.39. The van der Waals surface area contributed by atoms with E-state index in [0.29, 0.717) is 27.9 Å². The number of nitrogens with zero attached hydrogens (tertiary/aromatic N) is 1. The lowest BCUT2D eigenvalue weighted by molar-refractivity contribution is 0.0951. The fourth-order valence-corrected chi connectivity index (χ4v) is 5.70. The maximum atomic E-state index is 12.5. The van der Waals surface area contributed by atoms with Gasteiger partial charge in [-0.05, 0) is 43.2 Å². The Morgan fingerprint density at radius 2 is 1.96 bits per heavy atom. The molecular weight excluding hydrogens is 368 g/mol. The molecule has 0 unspecified atom stereocenters. The van der Waals surface area contributed by atoms with Gasteiger partial charge >= 0.3 is 0 Å². The number of carbonyl (C=O) groups excluding carboxylic acids is 1. The Morgan fingerprint density at radius 3 is 2.67 bits per heavy atom. The van der Waals surface area contributed by atoms with Gasteiger partial charge in [-0.3, -0.25) is 4.79 Å². The summed E-state index contributed by atoms with van der Waals surface area (Å²) in [6.07, 6.45) is 1.82. The van der Waals surface area contributed by atoms with Gasteiger partial charge in [0, 0.05) is 28.6 Å². The van der Waals surface area contributed by atoms with Crippen molar-refractivity contribution in [2.24, 2.45) is 0 Å². The van der Waals surface area contributed by atoms with E-state index in [0.717, 1.165) is 17.7 Å². The molecule has 5 nitrogen and oxygen atoms in total. The lowest BCUT2D eigenvalue weighted by Gasteiger charge is -2.13. The molecule has 2 aromatic rings. The second-order valence-corrected chi connectivity index (χ2v) is 9.29. The lowest BCUT2D eigenvalue weighted by atomic mass is 10.2. The fourth-order valence-electron chi connectivity index (χ4n) is 2.55. The fraction of sp³-hybridized carbons (Fsp3) is 0.312. The first kappa shape index (κ1) is 17.4. The van der Waals surface area contributed by atoms with Gasteiger partial charge in [-0.15, -0.1) is 11.3 Å². The van der Waals surface area contributed by atoms with E-state index >= 15 is 0 Å². The highest BCUT2D eigenvalue weighted by Gasteiger charge is 2.28. The molecule has 1 aliphatic rings. The summed E-state index contributed by atoms with van der Waals surface area (Å²) in [4.78, 5) is 12.9. The molecule has 1 fully saturated rings. The van der Waals surface area contributed by atoms with Crippen LogP contribution in [-0.2, 0) is 16.6 Å². The minimum absolute atomic E-state index is 0.241. The number of hydrogen-bond donors (Lipinski definition) is 1. The van der Waals surface area contributed by atoms with E-state index in [1.165, 1.54) is 15.6 Å². The van der Waals surface area contributed by atoms with Gasteiger partial charge in [-0.25, -0.2) is 8.42 Å². The third-order valence-electron chi connectivity index (χ3n) is 3.81. The Kier molecular flexibility index (Phi) is 5.24. The topological polar surface area (TPSA) is 66.5 Å².